The fraction of sp³-hybridized carbons (Fsp3) is 0.500. The first-order valence-corrected chi connectivity index (χ1v) is 7.67. The number of carbonyl (C=O) groups excluding carboxylic acids is 2. The highest BCUT2D eigenvalue weighted by Gasteiger charge is 2.16. The van der Waals surface area contributed by atoms with Gasteiger partial charge in [0.1, 0.15) is 5.75 Å². The maximum absolute atomic E-state index is 11.9. The number of nitrogens with one attached hydrogen (secondary N) is 2. The molecule has 0 heterocycles. The van der Waals surface area contributed by atoms with Crippen LogP contribution in [0.4, 0.5) is 0 Å². The molecule has 1 atom stereocenters. The Morgan fingerprint density at radius 3 is 2.59 bits per heavy atom. The molecule has 0 aliphatic carbocycles. The first-order chi connectivity index (χ1) is 10.3. The van der Waals surface area contributed by atoms with E-state index < -0.39 is 6.10 Å². The van der Waals surface area contributed by atoms with Gasteiger partial charge in [0.2, 0.25) is 5.91 Å². The van der Waals surface area contributed by atoms with Crippen molar-refractivity contribution in [3.8, 4) is 5.75 Å². The van der Waals surface area contributed by atoms with Gasteiger partial charge >= 0.3 is 0 Å². The Bertz CT molecular complexity index is 532. The van der Waals surface area contributed by atoms with E-state index in [-0.39, 0.29) is 30.8 Å². The summed E-state index contributed by atoms with van der Waals surface area (Å²) in [7, 11) is 0. The first-order valence-electron chi connectivity index (χ1n) is 7.29. The van der Waals surface area contributed by atoms with Crippen LogP contribution >= 0.6 is 11.6 Å². The Labute approximate surface area is 136 Å². The standard InChI is InChI=1S/C16H23ClN2O3/c1-10(2)19-15(20)7-8-18-16(21)12(4)22-14-9-11(3)5-6-13(14)17/h5-6,9-10,12H,7-8H2,1-4H3,(H,18,21)(H,19,20). The van der Waals surface area contributed by atoms with Crippen LogP contribution in [0.25, 0.3) is 0 Å². The Morgan fingerprint density at radius 2 is 1.95 bits per heavy atom. The van der Waals surface area contributed by atoms with Crippen molar-refractivity contribution in [3.05, 3.63) is 28.8 Å². The molecule has 2 amide bonds. The van der Waals surface area contributed by atoms with Crippen LogP contribution in [0.15, 0.2) is 18.2 Å². The minimum atomic E-state index is -0.688. The van der Waals surface area contributed by atoms with Crippen molar-refractivity contribution in [2.75, 3.05) is 6.54 Å². The van der Waals surface area contributed by atoms with Crippen LogP contribution in [0.1, 0.15) is 32.8 Å². The molecule has 5 nitrogen and oxygen atoms in total. The van der Waals surface area contributed by atoms with Gasteiger partial charge in [-0.3, -0.25) is 9.59 Å². The molecule has 0 saturated heterocycles. The average molecular weight is 327 g/mol. The topological polar surface area (TPSA) is 67.4 Å². The van der Waals surface area contributed by atoms with E-state index in [1.807, 2.05) is 26.8 Å². The number of ether oxygens (including phenoxy) is 1. The van der Waals surface area contributed by atoms with Crippen molar-refractivity contribution in [1.29, 1.82) is 0 Å². The molecular weight excluding hydrogens is 304 g/mol. The highest BCUT2D eigenvalue weighted by molar-refractivity contribution is 6.32. The van der Waals surface area contributed by atoms with E-state index in [0.717, 1.165) is 5.56 Å². The molecule has 0 bridgehead atoms. The van der Waals surface area contributed by atoms with Gasteiger partial charge in [-0.25, -0.2) is 0 Å². The van der Waals surface area contributed by atoms with Gasteiger partial charge in [0.05, 0.1) is 5.02 Å². The van der Waals surface area contributed by atoms with Crippen LogP contribution < -0.4 is 15.4 Å². The highest BCUT2D eigenvalue weighted by Crippen LogP contribution is 2.26. The molecule has 0 aromatic heterocycles. The Kier molecular flexibility index (Phi) is 7.18. The minimum absolute atomic E-state index is 0.0916. The summed E-state index contributed by atoms with van der Waals surface area (Å²) in [6.45, 7) is 7.60. The lowest BCUT2D eigenvalue weighted by Crippen LogP contribution is -2.39. The van der Waals surface area contributed by atoms with Crippen molar-refractivity contribution in [3.63, 3.8) is 0 Å². The van der Waals surface area contributed by atoms with Gasteiger partial charge in [-0.2, -0.15) is 0 Å². The number of rotatable bonds is 7. The number of hydrogen-bond acceptors (Lipinski definition) is 3. The first kappa shape index (κ1) is 18.3. The fourth-order valence-corrected chi connectivity index (χ4v) is 1.94. The van der Waals surface area contributed by atoms with Crippen molar-refractivity contribution >= 4 is 23.4 Å². The summed E-state index contributed by atoms with van der Waals surface area (Å²) in [4.78, 5) is 23.4. The summed E-state index contributed by atoms with van der Waals surface area (Å²) in [6.07, 6.45) is -0.450. The van der Waals surface area contributed by atoms with Crippen LogP contribution in [-0.2, 0) is 9.59 Å². The Balaban J connectivity index is 2.42. The van der Waals surface area contributed by atoms with Crippen molar-refractivity contribution in [2.45, 2.75) is 46.3 Å². The smallest absolute Gasteiger partial charge is 0.260 e. The lowest BCUT2D eigenvalue weighted by Gasteiger charge is -2.16. The third-order valence-corrected chi connectivity index (χ3v) is 3.17. The number of hydrogen-bond donors (Lipinski definition) is 2. The van der Waals surface area contributed by atoms with Gasteiger partial charge in [-0.15, -0.1) is 0 Å². The molecule has 1 rings (SSSR count). The molecule has 1 aromatic carbocycles. The number of carbonyl (C=O) groups is 2. The van der Waals surface area contributed by atoms with Crippen LogP contribution in [0.5, 0.6) is 5.75 Å². The maximum atomic E-state index is 11.9. The van der Waals surface area contributed by atoms with Gasteiger partial charge in [0.25, 0.3) is 5.91 Å². The van der Waals surface area contributed by atoms with E-state index in [4.69, 9.17) is 16.3 Å². The van der Waals surface area contributed by atoms with Crippen molar-refractivity contribution in [1.82, 2.24) is 10.6 Å². The molecular formula is C16H23ClN2O3. The van der Waals surface area contributed by atoms with E-state index in [0.29, 0.717) is 10.8 Å². The van der Waals surface area contributed by atoms with Crippen LogP contribution in [0.2, 0.25) is 5.02 Å². The second-order valence-corrected chi connectivity index (χ2v) is 5.86. The number of aryl methyl sites for hydroxylation is 1. The number of halogens is 1. The molecule has 22 heavy (non-hydrogen) atoms. The van der Waals surface area contributed by atoms with Crippen molar-refractivity contribution < 1.29 is 14.3 Å². The molecule has 6 heteroatoms. The molecule has 122 valence electrons. The highest BCUT2D eigenvalue weighted by atomic mass is 35.5. The zero-order valence-electron chi connectivity index (χ0n) is 13.4. The molecule has 1 aromatic rings. The van der Waals surface area contributed by atoms with Crippen LogP contribution in [0.3, 0.4) is 0 Å². The lowest BCUT2D eigenvalue weighted by molar-refractivity contribution is -0.127. The molecule has 0 aliphatic rings. The van der Waals surface area contributed by atoms with Gasteiger partial charge < -0.3 is 15.4 Å². The zero-order valence-corrected chi connectivity index (χ0v) is 14.2. The largest absolute Gasteiger partial charge is 0.479 e. The predicted octanol–water partition coefficient (Wildman–Crippen LogP) is 2.45. The molecule has 2 N–H and O–H groups in total. The zero-order chi connectivity index (χ0) is 16.7. The summed E-state index contributed by atoms with van der Waals surface area (Å²) in [5, 5.41) is 5.89. The van der Waals surface area contributed by atoms with Crippen LogP contribution in [-0.4, -0.2) is 30.5 Å². The summed E-state index contributed by atoms with van der Waals surface area (Å²) in [5.74, 6) is 0.0994. The quantitative estimate of drug-likeness (QED) is 0.808. The monoisotopic (exact) mass is 326 g/mol. The maximum Gasteiger partial charge on any atom is 0.260 e. The van der Waals surface area contributed by atoms with E-state index in [2.05, 4.69) is 10.6 Å². The van der Waals surface area contributed by atoms with Gasteiger partial charge in [0.15, 0.2) is 6.10 Å². The van der Waals surface area contributed by atoms with Gasteiger partial charge in [0, 0.05) is 19.0 Å². The molecule has 0 fully saturated rings. The van der Waals surface area contributed by atoms with Crippen molar-refractivity contribution in [2.24, 2.45) is 0 Å². The third-order valence-electron chi connectivity index (χ3n) is 2.86. The SMILES string of the molecule is Cc1ccc(Cl)c(OC(C)C(=O)NCCC(=O)NC(C)C)c1. The average Bonchev–Trinajstić information content (AvgIpc) is 2.41. The molecule has 0 saturated carbocycles. The molecule has 0 radical (unpaired) electrons. The second-order valence-electron chi connectivity index (χ2n) is 5.46. The van der Waals surface area contributed by atoms with Gasteiger partial charge in [-0.05, 0) is 45.4 Å². The molecule has 0 aliphatic heterocycles. The van der Waals surface area contributed by atoms with E-state index in [9.17, 15) is 9.59 Å². The summed E-state index contributed by atoms with van der Waals surface area (Å²) in [5.41, 5.74) is 0.998. The fourth-order valence-electron chi connectivity index (χ4n) is 1.78. The summed E-state index contributed by atoms with van der Waals surface area (Å²) >= 11 is 6.03. The molecule has 1 unspecified atom stereocenters. The van der Waals surface area contributed by atoms with Gasteiger partial charge in [-0.1, -0.05) is 17.7 Å². The Morgan fingerprint density at radius 1 is 1.27 bits per heavy atom. The van der Waals surface area contributed by atoms with E-state index in [1.54, 1.807) is 19.1 Å². The predicted molar refractivity (Wildman–Crippen MR) is 87.2 cm³/mol. The normalized spacial score (nSPS) is 11.9. The number of amides is 2. The summed E-state index contributed by atoms with van der Waals surface area (Å²) < 4.78 is 5.57. The third kappa shape index (κ3) is 6.35. The molecule has 0 spiro atoms. The second kappa shape index (κ2) is 8.63. The Hall–Kier alpha value is -1.75. The van der Waals surface area contributed by atoms with Crippen LogP contribution in [0, 0.1) is 6.92 Å². The van der Waals surface area contributed by atoms with E-state index in [1.165, 1.54) is 0 Å². The summed E-state index contributed by atoms with van der Waals surface area (Å²) in [6, 6.07) is 5.47. The number of benzene rings is 1. The van der Waals surface area contributed by atoms with E-state index >= 15 is 0 Å². The lowest BCUT2D eigenvalue weighted by atomic mass is 10.2. The minimum Gasteiger partial charge on any atom is -0.479 e.